The van der Waals surface area contributed by atoms with E-state index in [9.17, 15) is 23.5 Å². The van der Waals surface area contributed by atoms with E-state index in [1.807, 2.05) is 4.90 Å². The van der Waals surface area contributed by atoms with Crippen LogP contribution in [0.3, 0.4) is 0 Å². The van der Waals surface area contributed by atoms with Crippen LogP contribution >= 0.6 is 0 Å². The van der Waals surface area contributed by atoms with E-state index in [-0.39, 0.29) is 46.5 Å². The highest BCUT2D eigenvalue weighted by molar-refractivity contribution is 6.03. The molecule has 3 N–H and O–H groups in total. The first-order valence-corrected chi connectivity index (χ1v) is 14.7. The molecule has 1 unspecified atom stereocenters. The Morgan fingerprint density at radius 1 is 1.09 bits per heavy atom. The van der Waals surface area contributed by atoms with Gasteiger partial charge >= 0.3 is 0 Å². The van der Waals surface area contributed by atoms with Crippen LogP contribution in [0.1, 0.15) is 72.4 Å². The molecule has 2 saturated heterocycles. The molecule has 43 heavy (non-hydrogen) atoms. The van der Waals surface area contributed by atoms with E-state index in [0.29, 0.717) is 38.2 Å². The molecular weight excluding hydrogens is 563 g/mol. The number of fused-ring (bicyclic) bond motifs is 1. The number of hydrogen-bond donors (Lipinski definition) is 3. The van der Waals surface area contributed by atoms with Crippen molar-refractivity contribution in [3.05, 3.63) is 59.1 Å². The Morgan fingerprint density at radius 3 is 2.44 bits per heavy atom. The van der Waals surface area contributed by atoms with Gasteiger partial charge in [0.1, 0.15) is 5.69 Å². The summed E-state index contributed by atoms with van der Waals surface area (Å²) >= 11 is 0. The van der Waals surface area contributed by atoms with Gasteiger partial charge in [-0.05, 0) is 38.8 Å². The molecule has 2 aliphatic heterocycles. The van der Waals surface area contributed by atoms with Gasteiger partial charge in [0, 0.05) is 69.6 Å². The molecule has 0 radical (unpaired) electrons. The highest BCUT2D eigenvalue weighted by Crippen LogP contribution is 2.55. The van der Waals surface area contributed by atoms with Crippen LogP contribution in [0.25, 0.3) is 5.65 Å². The van der Waals surface area contributed by atoms with Crippen LogP contribution in [0.5, 0.6) is 0 Å². The summed E-state index contributed by atoms with van der Waals surface area (Å²) in [7, 11) is 0. The molecule has 10 nitrogen and oxygen atoms in total. The molecule has 2 amide bonds. The van der Waals surface area contributed by atoms with Gasteiger partial charge in [-0.15, -0.1) is 0 Å². The molecule has 1 saturated carbocycles. The predicted molar refractivity (Wildman–Crippen MR) is 153 cm³/mol. The molecule has 0 aromatic carbocycles. The molecule has 0 bridgehead atoms. The van der Waals surface area contributed by atoms with Crippen LogP contribution in [0.4, 0.5) is 18.9 Å². The van der Waals surface area contributed by atoms with E-state index < -0.39 is 29.2 Å². The lowest BCUT2D eigenvalue weighted by Gasteiger charge is -2.34. The fourth-order valence-electron chi connectivity index (χ4n) is 6.07. The second-order valence-electron chi connectivity index (χ2n) is 12.3. The second kappa shape index (κ2) is 11.2. The molecule has 13 heteroatoms. The zero-order valence-corrected chi connectivity index (χ0v) is 24.2. The second-order valence-corrected chi connectivity index (χ2v) is 12.3. The Morgan fingerprint density at radius 2 is 1.79 bits per heavy atom. The molecule has 5 heterocycles. The molecule has 1 atom stereocenters. The number of piperazine rings is 1. The van der Waals surface area contributed by atoms with Gasteiger partial charge < -0.3 is 25.0 Å². The van der Waals surface area contributed by atoms with E-state index in [0.717, 1.165) is 26.2 Å². The Balaban J connectivity index is 1.20. The summed E-state index contributed by atoms with van der Waals surface area (Å²) in [5.41, 5.74) is -1.10. The lowest BCUT2D eigenvalue weighted by Crippen LogP contribution is -2.49. The maximum atomic E-state index is 16.0. The summed E-state index contributed by atoms with van der Waals surface area (Å²) in [5.74, 6) is -5.22. The van der Waals surface area contributed by atoms with Gasteiger partial charge in [-0.3, -0.25) is 14.5 Å². The van der Waals surface area contributed by atoms with Crippen LogP contribution in [-0.2, 0) is 10.4 Å². The van der Waals surface area contributed by atoms with Crippen molar-refractivity contribution in [1.82, 2.24) is 29.5 Å². The maximum absolute atomic E-state index is 16.0. The van der Waals surface area contributed by atoms with Gasteiger partial charge in [0.25, 0.3) is 11.8 Å². The van der Waals surface area contributed by atoms with Gasteiger partial charge in [-0.25, -0.2) is 23.1 Å². The highest BCUT2D eigenvalue weighted by atomic mass is 19.3. The topological polar surface area (TPSA) is 115 Å². The van der Waals surface area contributed by atoms with Gasteiger partial charge in [0.2, 0.25) is 5.91 Å². The van der Waals surface area contributed by atoms with Crippen molar-refractivity contribution in [2.75, 3.05) is 51.1 Å². The molecule has 0 spiro atoms. The SMILES string of the molecule is CC(C)(O)c1c(NC(=O)c2cccc(C3CC3(F)F)n2)cn2cc(C3CCN(C(=O)CN4CCNCC4)CC3)nc2c1F. The number of hydrogen-bond acceptors (Lipinski definition) is 7. The van der Waals surface area contributed by atoms with Crippen molar-refractivity contribution in [2.45, 2.75) is 56.5 Å². The van der Waals surface area contributed by atoms with E-state index in [2.05, 4.69) is 25.5 Å². The van der Waals surface area contributed by atoms with Crippen LogP contribution in [0, 0.1) is 5.82 Å². The largest absolute Gasteiger partial charge is 0.386 e. The first-order chi connectivity index (χ1) is 20.4. The summed E-state index contributed by atoms with van der Waals surface area (Å²) < 4.78 is 44.6. The minimum Gasteiger partial charge on any atom is -0.386 e. The number of halogens is 3. The van der Waals surface area contributed by atoms with Crippen LogP contribution in [0.2, 0.25) is 0 Å². The molecule has 3 fully saturated rings. The summed E-state index contributed by atoms with van der Waals surface area (Å²) in [6, 6.07) is 4.34. The van der Waals surface area contributed by atoms with Gasteiger partial charge in [0.05, 0.1) is 35.1 Å². The molecule has 3 aliphatic rings. The van der Waals surface area contributed by atoms with Gasteiger partial charge in [0.15, 0.2) is 11.5 Å². The van der Waals surface area contributed by atoms with Gasteiger partial charge in [-0.1, -0.05) is 6.07 Å². The number of carbonyl (C=O) groups is 2. The molecule has 3 aromatic rings. The van der Waals surface area contributed by atoms with Crippen molar-refractivity contribution in [3.63, 3.8) is 0 Å². The van der Waals surface area contributed by atoms with E-state index in [1.165, 1.54) is 42.6 Å². The molecule has 6 rings (SSSR count). The Kier molecular flexibility index (Phi) is 7.68. The zero-order valence-electron chi connectivity index (χ0n) is 24.2. The van der Waals surface area contributed by atoms with E-state index in [4.69, 9.17) is 0 Å². The number of rotatable bonds is 7. The summed E-state index contributed by atoms with van der Waals surface area (Å²) in [6.45, 7) is 7.86. The molecule has 1 aliphatic carbocycles. The first-order valence-electron chi connectivity index (χ1n) is 14.7. The van der Waals surface area contributed by atoms with Crippen molar-refractivity contribution in [3.8, 4) is 0 Å². The number of nitrogens with zero attached hydrogens (tertiary/aromatic N) is 5. The third kappa shape index (κ3) is 6.11. The van der Waals surface area contributed by atoms with Crippen LogP contribution < -0.4 is 10.6 Å². The van der Waals surface area contributed by atoms with Crippen molar-refractivity contribution in [1.29, 1.82) is 0 Å². The van der Waals surface area contributed by atoms with Crippen molar-refractivity contribution < 1.29 is 27.9 Å². The van der Waals surface area contributed by atoms with E-state index in [1.54, 1.807) is 6.20 Å². The smallest absolute Gasteiger partial charge is 0.274 e. The first kappa shape index (κ1) is 29.5. The number of nitrogens with one attached hydrogen (secondary N) is 2. The normalized spacial score (nSPS) is 21.3. The number of amides is 2. The monoisotopic (exact) mass is 599 g/mol. The maximum Gasteiger partial charge on any atom is 0.274 e. The van der Waals surface area contributed by atoms with Crippen LogP contribution in [-0.4, -0.2) is 92.8 Å². The predicted octanol–water partition coefficient (Wildman–Crippen LogP) is 3.08. The Bertz CT molecular complexity index is 1540. The number of anilines is 1. The van der Waals surface area contributed by atoms with Crippen molar-refractivity contribution >= 4 is 23.1 Å². The highest BCUT2D eigenvalue weighted by Gasteiger charge is 2.58. The summed E-state index contributed by atoms with van der Waals surface area (Å²) in [4.78, 5) is 38.7. The van der Waals surface area contributed by atoms with Crippen molar-refractivity contribution in [2.24, 2.45) is 0 Å². The quantitative estimate of drug-likeness (QED) is 0.383. The minimum absolute atomic E-state index is 0.0124. The number of aromatic nitrogens is 3. The number of aliphatic hydroxyl groups is 1. The third-order valence-corrected chi connectivity index (χ3v) is 8.58. The zero-order chi connectivity index (χ0) is 30.5. The minimum atomic E-state index is -2.83. The Labute approximate surface area is 247 Å². The molecule has 3 aromatic heterocycles. The lowest BCUT2D eigenvalue weighted by atomic mass is 9.94. The molecular formula is C30H36F3N7O3. The summed E-state index contributed by atoms with van der Waals surface area (Å²) in [6.07, 6.45) is 4.25. The fraction of sp³-hybridized carbons (Fsp3) is 0.533. The summed E-state index contributed by atoms with van der Waals surface area (Å²) in [5, 5.41) is 16.8. The number of likely N-dealkylation sites (tertiary alicyclic amines) is 1. The number of piperidine rings is 1. The average molecular weight is 600 g/mol. The standard InChI is InChI=1S/C30H36F3N7O3/c1-29(2,43)25-23(37-28(42)21-5-3-4-20(35-21)19-14-30(19,32)33)16-40-15-22(36-27(40)26(25)31)18-6-10-39(11-7-18)24(41)17-38-12-8-34-9-13-38/h3-5,15-16,18-19,34,43H,6-14,17H2,1-2H3,(H,37,42). The number of pyridine rings is 2. The van der Waals surface area contributed by atoms with E-state index >= 15 is 4.39 Å². The molecule has 230 valence electrons. The number of carbonyl (C=O) groups excluding carboxylic acids is 2. The van der Waals surface area contributed by atoms with Gasteiger partial charge in [-0.2, -0.15) is 0 Å². The number of alkyl halides is 2. The van der Waals surface area contributed by atoms with Crippen LogP contribution in [0.15, 0.2) is 30.6 Å². The Hall–Kier alpha value is -3.55. The average Bonchev–Trinajstić information content (AvgIpc) is 3.40. The fourth-order valence-corrected chi connectivity index (χ4v) is 6.07. The number of imidazole rings is 1. The third-order valence-electron chi connectivity index (χ3n) is 8.58. The lowest BCUT2D eigenvalue weighted by molar-refractivity contribution is -0.133.